The number of hydrogen-bond acceptors (Lipinski definition) is 5. The Balaban J connectivity index is 1.82. The van der Waals surface area contributed by atoms with Gasteiger partial charge in [-0.3, -0.25) is 9.59 Å². The Bertz CT molecular complexity index is 934. The van der Waals surface area contributed by atoms with E-state index in [2.05, 4.69) is 15.3 Å². The summed E-state index contributed by atoms with van der Waals surface area (Å²) < 4.78 is 0. The Kier molecular flexibility index (Phi) is 5.55. The summed E-state index contributed by atoms with van der Waals surface area (Å²) in [6.45, 7) is 3.98. The van der Waals surface area contributed by atoms with Crippen LogP contribution in [0.4, 0.5) is 0 Å². The quantitative estimate of drug-likeness (QED) is 0.511. The van der Waals surface area contributed by atoms with Crippen LogP contribution in [0.1, 0.15) is 20.3 Å². The van der Waals surface area contributed by atoms with E-state index in [-0.39, 0.29) is 23.3 Å². The Hall–Kier alpha value is -2.12. The SMILES string of the molecule is CC[C@H](C)NC(=O)CSc1nc2scc(-c3ccccc3)c2c(=O)[nH]1. The zero-order valence-corrected chi connectivity index (χ0v) is 15.7. The molecule has 0 saturated carbocycles. The Labute approximate surface area is 153 Å². The highest BCUT2D eigenvalue weighted by Crippen LogP contribution is 2.31. The third kappa shape index (κ3) is 4.11. The van der Waals surface area contributed by atoms with Crippen molar-refractivity contribution in [3.63, 3.8) is 0 Å². The topological polar surface area (TPSA) is 74.8 Å². The van der Waals surface area contributed by atoms with Crippen molar-refractivity contribution in [3.05, 3.63) is 46.1 Å². The van der Waals surface area contributed by atoms with Crippen LogP contribution in [0.2, 0.25) is 0 Å². The number of thioether (sulfide) groups is 1. The number of carbonyl (C=O) groups excluding carboxylic acids is 1. The van der Waals surface area contributed by atoms with Crippen LogP contribution in [-0.2, 0) is 4.79 Å². The molecule has 5 nitrogen and oxygen atoms in total. The fraction of sp³-hybridized carbons (Fsp3) is 0.278. The number of aromatic nitrogens is 2. The lowest BCUT2D eigenvalue weighted by Crippen LogP contribution is -2.33. The van der Waals surface area contributed by atoms with E-state index in [9.17, 15) is 9.59 Å². The van der Waals surface area contributed by atoms with Crippen LogP contribution in [0.3, 0.4) is 0 Å². The summed E-state index contributed by atoms with van der Waals surface area (Å²) in [6.07, 6.45) is 0.884. The number of aromatic amines is 1. The first-order valence-corrected chi connectivity index (χ1v) is 9.94. The van der Waals surface area contributed by atoms with Crippen LogP contribution in [0.15, 0.2) is 45.7 Å². The summed E-state index contributed by atoms with van der Waals surface area (Å²) in [5, 5.41) is 5.92. The normalized spacial score (nSPS) is 12.2. The lowest BCUT2D eigenvalue weighted by atomic mass is 10.1. The Morgan fingerprint density at radius 2 is 2.12 bits per heavy atom. The molecule has 1 aromatic carbocycles. The summed E-state index contributed by atoms with van der Waals surface area (Å²) in [7, 11) is 0. The number of hydrogen-bond donors (Lipinski definition) is 2. The van der Waals surface area contributed by atoms with Crippen molar-refractivity contribution in [3.8, 4) is 11.1 Å². The second kappa shape index (κ2) is 7.84. The van der Waals surface area contributed by atoms with Crippen LogP contribution in [-0.4, -0.2) is 27.7 Å². The number of amides is 1. The summed E-state index contributed by atoms with van der Waals surface area (Å²) in [4.78, 5) is 32.4. The fourth-order valence-corrected chi connectivity index (χ4v) is 4.06. The molecular weight excluding hydrogens is 354 g/mol. The molecule has 25 heavy (non-hydrogen) atoms. The number of carbonyl (C=O) groups is 1. The molecule has 0 fully saturated rings. The van der Waals surface area contributed by atoms with Crippen molar-refractivity contribution in [2.75, 3.05) is 5.75 Å². The van der Waals surface area contributed by atoms with Gasteiger partial charge < -0.3 is 10.3 Å². The van der Waals surface area contributed by atoms with E-state index in [1.54, 1.807) is 0 Å². The molecule has 2 N–H and O–H groups in total. The van der Waals surface area contributed by atoms with Crippen LogP contribution in [0.5, 0.6) is 0 Å². The molecule has 0 radical (unpaired) electrons. The van der Waals surface area contributed by atoms with Crippen molar-refractivity contribution in [1.29, 1.82) is 0 Å². The number of nitrogens with zero attached hydrogens (tertiary/aromatic N) is 1. The highest BCUT2D eigenvalue weighted by atomic mass is 32.2. The van der Waals surface area contributed by atoms with Crippen molar-refractivity contribution < 1.29 is 4.79 Å². The van der Waals surface area contributed by atoms with Gasteiger partial charge in [0, 0.05) is 17.0 Å². The third-order valence-corrected chi connectivity index (χ3v) is 5.61. The third-order valence-electron chi connectivity index (χ3n) is 3.87. The van der Waals surface area contributed by atoms with Crippen molar-refractivity contribution in [2.45, 2.75) is 31.5 Å². The summed E-state index contributed by atoms with van der Waals surface area (Å²) >= 11 is 2.68. The van der Waals surface area contributed by atoms with Gasteiger partial charge in [-0.25, -0.2) is 4.98 Å². The van der Waals surface area contributed by atoms with E-state index in [1.807, 2.05) is 49.6 Å². The number of benzene rings is 1. The molecule has 0 saturated heterocycles. The molecule has 3 aromatic rings. The number of thiophene rings is 1. The van der Waals surface area contributed by atoms with E-state index >= 15 is 0 Å². The molecule has 0 aliphatic rings. The van der Waals surface area contributed by atoms with E-state index in [0.29, 0.717) is 15.4 Å². The zero-order chi connectivity index (χ0) is 17.8. The first kappa shape index (κ1) is 17.7. The number of H-pyrrole nitrogens is 1. The smallest absolute Gasteiger partial charge is 0.260 e. The fourth-order valence-electron chi connectivity index (χ4n) is 2.38. The van der Waals surface area contributed by atoms with Gasteiger partial charge in [0.05, 0.1) is 11.1 Å². The molecule has 3 rings (SSSR count). The standard InChI is InChI=1S/C18H19N3O2S2/c1-3-11(2)19-14(22)10-25-18-20-16(23)15-13(9-24-17(15)21-18)12-7-5-4-6-8-12/h4-9,11H,3,10H2,1-2H3,(H,19,22)(H,20,21,23)/t11-/m0/s1. The Morgan fingerprint density at radius 1 is 1.36 bits per heavy atom. The van der Waals surface area contributed by atoms with Gasteiger partial charge >= 0.3 is 0 Å². The van der Waals surface area contributed by atoms with Gasteiger partial charge in [0.15, 0.2) is 5.16 Å². The largest absolute Gasteiger partial charge is 0.353 e. The molecule has 7 heteroatoms. The maximum atomic E-state index is 12.5. The first-order valence-electron chi connectivity index (χ1n) is 8.07. The number of nitrogens with one attached hydrogen (secondary N) is 2. The minimum atomic E-state index is -0.171. The van der Waals surface area contributed by atoms with E-state index < -0.39 is 0 Å². The average Bonchev–Trinajstić information content (AvgIpc) is 3.05. The summed E-state index contributed by atoms with van der Waals surface area (Å²) in [5.74, 6) is 0.175. The monoisotopic (exact) mass is 373 g/mol. The lowest BCUT2D eigenvalue weighted by Gasteiger charge is -2.10. The predicted molar refractivity (Wildman–Crippen MR) is 104 cm³/mol. The molecule has 1 atom stereocenters. The molecule has 0 aliphatic heterocycles. The minimum Gasteiger partial charge on any atom is -0.353 e. The molecule has 130 valence electrons. The van der Waals surface area contributed by atoms with Crippen LogP contribution in [0.25, 0.3) is 21.3 Å². The molecule has 0 bridgehead atoms. The van der Waals surface area contributed by atoms with Crippen LogP contribution >= 0.6 is 23.1 Å². The van der Waals surface area contributed by atoms with Gasteiger partial charge in [-0.2, -0.15) is 0 Å². The number of rotatable bonds is 6. The molecule has 0 unspecified atom stereocenters. The lowest BCUT2D eigenvalue weighted by molar-refractivity contribution is -0.119. The van der Waals surface area contributed by atoms with Gasteiger partial charge in [0.25, 0.3) is 5.56 Å². The number of fused-ring (bicyclic) bond motifs is 1. The maximum Gasteiger partial charge on any atom is 0.260 e. The molecule has 0 spiro atoms. The molecule has 2 aromatic heterocycles. The van der Waals surface area contributed by atoms with Gasteiger partial charge in [-0.1, -0.05) is 49.0 Å². The molecule has 0 aliphatic carbocycles. The Morgan fingerprint density at radius 3 is 2.84 bits per heavy atom. The highest BCUT2D eigenvalue weighted by molar-refractivity contribution is 7.99. The van der Waals surface area contributed by atoms with Gasteiger partial charge in [-0.15, -0.1) is 11.3 Å². The van der Waals surface area contributed by atoms with Crippen molar-refractivity contribution >= 4 is 39.2 Å². The van der Waals surface area contributed by atoms with E-state index in [1.165, 1.54) is 23.1 Å². The van der Waals surface area contributed by atoms with Gasteiger partial charge in [0.2, 0.25) is 5.91 Å². The van der Waals surface area contributed by atoms with Crippen LogP contribution < -0.4 is 10.9 Å². The van der Waals surface area contributed by atoms with Crippen molar-refractivity contribution in [2.24, 2.45) is 0 Å². The molecule has 2 heterocycles. The summed E-state index contributed by atoms with van der Waals surface area (Å²) in [6, 6.07) is 9.93. The summed E-state index contributed by atoms with van der Waals surface area (Å²) in [5.41, 5.74) is 1.71. The highest BCUT2D eigenvalue weighted by Gasteiger charge is 2.14. The molecular formula is C18H19N3O2S2. The predicted octanol–water partition coefficient (Wildman–Crippen LogP) is 3.66. The average molecular weight is 374 g/mol. The van der Waals surface area contributed by atoms with Crippen molar-refractivity contribution in [1.82, 2.24) is 15.3 Å². The second-order valence-corrected chi connectivity index (χ2v) is 7.55. The van der Waals surface area contributed by atoms with E-state index in [4.69, 9.17) is 0 Å². The maximum absolute atomic E-state index is 12.5. The first-order chi connectivity index (χ1) is 12.1. The second-order valence-electron chi connectivity index (χ2n) is 5.73. The van der Waals surface area contributed by atoms with Gasteiger partial charge in [0.1, 0.15) is 4.83 Å². The minimum absolute atomic E-state index is 0.0572. The van der Waals surface area contributed by atoms with E-state index in [0.717, 1.165) is 17.5 Å². The molecule has 1 amide bonds. The van der Waals surface area contributed by atoms with Gasteiger partial charge in [-0.05, 0) is 18.9 Å². The zero-order valence-electron chi connectivity index (χ0n) is 14.0. The van der Waals surface area contributed by atoms with Crippen LogP contribution in [0, 0.1) is 0 Å².